The molecule has 0 spiro atoms. The van der Waals surface area contributed by atoms with Crippen LogP contribution in [-0.2, 0) is 22.6 Å². The Hall–Kier alpha value is -2.09. The van der Waals surface area contributed by atoms with Crippen molar-refractivity contribution >= 4 is 35.1 Å². The molecule has 152 valence electrons. The van der Waals surface area contributed by atoms with E-state index in [9.17, 15) is 14.7 Å². The molecule has 0 bridgehead atoms. The van der Waals surface area contributed by atoms with E-state index in [0.717, 1.165) is 11.3 Å². The molecule has 9 heteroatoms. The fourth-order valence-electron chi connectivity index (χ4n) is 2.79. The molecule has 2 aromatic rings. The van der Waals surface area contributed by atoms with Crippen molar-refractivity contribution in [3.63, 3.8) is 0 Å². The molecule has 0 saturated heterocycles. The molecule has 2 atom stereocenters. The number of benzene rings is 1. The summed E-state index contributed by atoms with van der Waals surface area (Å²) in [5.41, 5.74) is 1.56. The SMILES string of the molecule is CC(CCC(=O)O)CNC(Cc1cncn1Cc1cccc(Cl)c1Cl)C(=O)O. The van der Waals surface area contributed by atoms with Crippen LogP contribution in [-0.4, -0.2) is 44.3 Å². The number of nitrogens with one attached hydrogen (secondary N) is 1. The highest BCUT2D eigenvalue weighted by Gasteiger charge is 2.21. The van der Waals surface area contributed by atoms with E-state index in [1.165, 1.54) is 0 Å². The van der Waals surface area contributed by atoms with E-state index in [2.05, 4.69) is 10.3 Å². The molecule has 28 heavy (non-hydrogen) atoms. The van der Waals surface area contributed by atoms with Gasteiger partial charge >= 0.3 is 11.9 Å². The molecule has 1 heterocycles. The number of nitrogens with zero attached hydrogens (tertiary/aromatic N) is 2. The van der Waals surface area contributed by atoms with Gasteiger partial charge in [0.15, 0.2) is 0 Å². The third kappa shape index (κ3) is 6.51. The van der Waals surface area contributed by atoms with Crippen molar-refractivity contribution in [2.75, 3.05) is 6.54 Å². The lowest BCUT2D eigenvalue weighted by atomic mass is 10.0. The van der Waals surface area contributed by atoms with Crippen molar-refractivity contribution in [3.05, 3.63) is 52.0 Å². The van der Waals surface area contributed by atoms with Crippen molar-refractivity contribution in [2.24, 2.45) is 5.92 Å². The zero-order chi connectivity index (χ0) is 20.7. The van der Waals surface area contributed by atoms with Crippen LogP contribution < -0.4 is 5.32 Å². The van der Waals surface area contributed by atoms with Crippen LogP contribution >= 0.6 is 23.2 Å². The van der Waals surface area contributed by atoms with Gasteiger partial charge in [-0.2, -0.15) is 0 Å². The zero-order valence-corrected chi connectivity index (χ0v) is 17.0. The van der Waals surface area contributed by atoms with Crippen LogP contribution in [0.25, 0.3) is 0 Å². The topological polar surface area (TPSA) is 104 Å². The largest absolute Gasteiger partial charge is 0.481 e. The summed E-state index contributed by atoms with van der Waals surface area (Å²) >= 11 is 12.3. The summed E-state index contributed by atoms with van der Waals surface area (Å²) in [7, 11) is 0. The number of aromatic nitrogens is 2. The van der Waals surface area contributed by atoms with Gasteiger partial charge in [-0.1, -0.05) is 42.3 Å². The van der Waals surface area contributed by atoms with E-state index in [4.69, 9.17) is 28.3 Å². The summed E-state index contributed by atoms with van der Waals surface area (Å²) in [6.07, 6.45) is 4.04. The first-order chi connectivity index (χ1) is 13.3. The summed E-state index contributed by atoms with van der Waals surface area (Å²) < 4.78 is 1.84. The molecular weight excluding hydrogens is 405 g/mol. The molecule has 2 rings (SSSR count). The third-order valence-corrected chi connectivity index (χ3v) is 5.30. The molecule has 0 fully saturated rings. The van der Waals surface area contributed by atoms with Gasteiger partial charge in [0.05, 0.1) is 22.9 Å². The van der Waals surface area contributed by atoms with E-state index in [0.29, 0.717) is 29.6 Å². The van der Waals surface area contributed by atoms with Crippen LogP contribution in [0.5, 0.6) is 0 Å². The van der Waals surface area contributed by atoms with Crippen LogP contribution in [0.4, 0.5) is 0 Å². The minimum absolute atomic E-state index is 0.0492. The molecule has 2 unspecified atom stereocenters. The van der Waals surface area contributed by atoms with Crippen molar-refractivity contribution in [2.45, 2.75) is 38.8 Å². The number of rotatable bonds is 11. The Morgan fingerprint density at radius 1 is 1.29 bits per heavy atom. The van der Waals surface area contributed by atoms with Gasteiger partial charge in [-0.15, -0.1) is 0 Å². The molecule has 0 radical (unpaired) electrons. The van der Waals surface area contributed by atoms with Crippen LogP contribution in [0.15, 0.2) is 30.7 Å². The predicted molar refractivity (Wildman–Crippen MR) is 107 cm³/mol. The maximum Gasteiger partial charge on any atom is 0.321 e. The number of halogens is 2. The number of carboxylic acid groups (broad SMARTS) is 2. The number of imidazole rings is 1. The summed E-state index contributed by atoms with van der Waals surface area (Å²) in [4.78, 5) is 26.4. The maximum absolute atomic E-state index is 11.6. The second-order valence-electron chi connectivity index (χ2n) is 6.77. The van der Waals surface area contributed by atoms with Crippen LogP contribution in [0.3, 0.4) is 0 Å². The fraction of sp³-hybridized carbons (Fsp3) is 0.421. The summed E-state index contributed by atoms with van der Waals surface area (Å²) in [6.45, 7) is 2.73. The van der Waals surface area contributed by atoms with Gasteiger partial charge < -0.3 is 20.1 Å². The van der Waals surface area contributed by atoms with Crippen molar-refractivity contribution < 1.29 is 19.8 Å². The molecule has 0 aliphatic rings. The number of aliphatic carboxylic acids is 2. The summed E-state index contributed by atoms with van der Waals surface area (Å²) in [5.74, 6) is -1.78. The Balaban J connectivity index is 2.02. The summed E-state index contributed by atoms with van der Waals surface area (Å²) in [5, 5.41) is 22.2. The summed E-state index contributed by atoms with van der Waals surface area (Å²) in [6, 6.07) is 4.56. The van der Waals surface area contributed by atoms with Crippen LogP contribution in [0, 0.1) is 5.92 Å². The Bertz CT molecular complexity index is 825. The molecule has 3 N–H and O–H groups in total. The standard InChI is InChI=1S/C19H23Cl2N3O4/c1-12(5-6-17(25)26)8-23-16(19(27)28)7-14-9-22-11-24(14)10-13-3-2-4-15(20)18(13)21/h2-4,9,11-12,16,23H,5-8,10H2,1H3,(H,25,26)(H,27,28). The quantitative estimate of drug-likeness (QED) is 0.507. The number of carboxylic acids is 2. The highest BCUT2D eigenvalue weighted by molar-refractivity contribution is 6.42. The second-order valence-corrected chi connectivity index (χ2v) is 7.55. The molecule has 1 aromatic heterocycles. The van der Waals surface area contributed by atoms with E-state index in [1.54, 1.807) is 24.7 Å². The predicted octanol–water partition coefficient (Wildman–Crippen LogP) is 3.32. The Labute approximate surface area is 173 Å². The molecule has 0 aliphatic carbocycles. The van der Waals surface area contributed by atoms with E-state index in [1.807, 2.05) is 17.6 Å². The van der Waals surface area contributed by atoms with Gasteiger partial charge in [-0.05, 0) is 30.5 Å². The van der Waals surface area contributed by atoms with E-state index < -0.39 is 18.0 Å². The lowest BCUT2D eigenvalue weighted by molar-refractivity contribution is -0.140. The molecule has 0 saturated carbocycles. The fourth-order valence-corrected chi connectivity index (χ4v) is 3.17. The van der Waals surface area contributed by atoms with Crippen LogP contribution in [0.2, 0.25) is 10.0 Å². The maximum atomic E-state index is 11.6. The zero-order valence-electron chi connectivity index (χ0n) is 15.4. The second kappa shape index (κ2) is 10.5. The van der Waals surface area contributed by atoms with Gasteiger partial charge in [0.1, 0.15) is 6.04 Å². The minimum Gasteiger partial charge on any atom is -0.481 e. The Morgan fingerprint density at radius 3 is 2.71 bits per heavy atom. The average Bonchev–Trinajstić information content (AvgIpc) is 3.07. The average molecular weight is 428 g/mol. The van der Waals surface area contributed by atoms with Gasteiger partial charge in [0.25, 0.3) is 0 Å². The smallest absolute Gasteiger partial charge is 0.321 e. The minimum atomic E-state index is -0.973. The molecule has 0 aliphatic heterocycles. The third-order valence-electron chi connectivity index (χ3n) is 4.45. The van der Waals surface area contributed by atoms with Crippen LogP contribution in [0.1, 0.15) is 31.0 Å². The van der Waals surface area contributed by atoms with Gasteiger partial charge in [-0.25, -0.2) is 4.98 Å². The number of hydrogen-bond acceptors (Lipinski definition) is 4. The van der Waals surface area contributed by atoms with Crippen molar-refractivity contribution in [1.82, 2.24) is 14.9 Å². The lowest BCUT2D eigenvalue weighted by Gasteiger charge is -2.18. The highest BCUT2D eigenvalue weighted by Crippen LogP contribution is 2.26. The van der Waals surface area contributed by atoms with Crippen molar-refractivity contribution in [3.8, 4) is 0 Å². The first-order valence-electron chi connectivity index (χ1n) is 8.87. The number of hydrogen-bond donors (Lipinski definition) is 3. The Kier molecular flexibility index (Phi) is 8.29. The van der Waals surface area contributed by atoms with Gasteiger partial charge in [0.2, 0.25) is 0 Å². The number of carbonyl (C=O) groups is 2. The van der Waals surface area contributed by atoms with E-state index >= 15 is 0 Å². The monoisotopic (exact) mass is 427 g/mol. The Morgan fingerprint density at radius 2 is 2.04 bits per heavy atom. The van der Waals surface area contributed by atoms with Gasteiger partial charge in [-0.3, -0.25) is 9.59 Å². The first-order valence-corrected chi connectivity index (χ1v) is 9.63. The lowest BCUT2D eigenvalue weighted by Crippen LogP contribution is -2.41. The normalized spacial score (nSPS) is 13.2. The molecule has 7 nitrogen and oxygen atoms in total. The first kappa shape index (κ1) is 22.2. The molecule has 0 amide bonds. The molecule has 1 aromatic carbocycles. The molecular formula is C19H23Cl2N3O4. The highest BCUT2D eigenvalue weighted by atomic mass is 35.5. The van der Waals surface area contributed by atoms with Gasteiger partial charge in [0, 0.05) is 24.7 Å². The van der Waals surface area contributed by atoms with E-state index in [-0.39, 0.29) is 18.8 Å². The van der Waals surface area contributed by atoms with Crippen molar-refractivity contribution in [1.29, 1.82) is 0 Å².